The highest BCUT2D eigenvalue weighted by Crippen LogP contribution is 2.40. The first-order valence-electron chi connectivity index (χ1n) is 17.4. The van der Waals surface area contributed by atoms with Gasteiger partial charge < -0.3 is 14.2 Å². The van der Waals surface area contributed by atoms with E-state index in [0.29, 0.717) is 5.84 Å². The van der Waals surface area contributed by atoms with Crippen LogP contribution in [0.5, 0.6) is 0 Å². The van der Waals surface area contributed by atoms with E-state index in [4.69, 9.17) is 23.8 Å². The number of fused-ring (bicyclic) bond motifs is 8. The fraction of sp³-hybridized carbons (Fsp3) is 0.0217. The summed E-state index contributed by atoms with van der Waals surface area (Å²) in [6, 6.07) is 52.2. The molecule has 1 unspecified atom stereocenters. The van der Waals surface area contributed by atoms with Crippen LogP contribution in [-0.2, 0) is 0 Å². The number of benzene rings is 7. The smallest absolute Gasteiger partial charge is 0.160 e. The molecular weight excluding hydrogens is 641 g/mol. The lowest BCUT2D eigenvalue weighted by molar-refractivity contribution is 0.668. The van der Waals surface area contributed by atoms with E-state index in [1.807, 2.05) is 60.8 Å². The molecule has 6 nitrogen and oxygen atoms in total. The molecule has 4 heterocycles. The summed E-state index contributed by atoms with van der Waals surface area (Å²) in [7, 11) is 0. The number of nitrogens with one attached hydrogen (secondary N) is 1. The van der Waals surface area contributed by atoms with Crippen molar-refractivity contribution < 1.29 is 8.83 Å². The van der Waals surface area contributed by atoms with Crippen molar-refractivity contribution in [1.29, 1.82) is 0 Å². The minimum Gasteiger partial charge on any atom is -0.456 e. The normalized spacial score (nSPS) is 14.7. The molecule has 6 heteroatoms. The van der Waals surface area contributed by atoms with Gasteiger partial charge in [0.1, 0.15) is 34.3 Å². The highest BCUT2D eigenvalue weighted by atomic mass is 16.3. The maximum absolute atomic E-state index is 6.29. The molecule has 10 aromatic rings. The van der Waals surface area contributed by atoms with Crippen molar-refractivity contribution in [2.24, 2.45) is 9.98 Å². The Labute approximate surface area is 297 Å². The van der Waals surface area contributed by atoms with E-state index in [1.54, 1.807) is 0 Å². The lowest BCUT2D eigenvalue weighted by atomic mass is 9.93. The molecule has 0 bridgehead atoms. The fourth-order valence-corrected chi connectivity index (χ4v) is 7.83. The average Bonchev–Trinajstić information content (AvgIpc) is 3.79. The molecule has 3 aromatic heterocycles. The van der Waals surface area contributed by atoms with Gasteiger partial charge in [-0.25, -0.2) is 9.98 Å². The second-order valence-electron chi connectivity index (χ2n) is 13.2. The fourth-order valence-electron chi connectivity index (χ4n) is 7.83. The Balaban J connectivity index is 1.13. The Morgan fingerprint density at radius 3 is 2.04 bits per heavy atom. The van der Waals surface area contributed by atoms with Gasteiger partial charge in [0, 0.05) is 28.1 Å². The van der Waals surface area contributed by atoms with Gasteiger partial charge in [0.15, 0.2) is 11.4 Å². The molecule has 244 valence electrons. The van der Waals surface area contributed by atoms with Gasteiger partial charge in [0.05, 0.1) is 5.39 Å². The zero-order valence-electron chi connectivity index (χ0n) is 27.7. The third kappa shape index (κ3) is 4.41. The van der Waals surface area contributed by atoms with Crippen LogP contribution in [0.2, 0.25) is 0 Å². The van der Waals surface area contributed by atoms with Gasteiger partial charge in [-0.3, -0.25) is 4.98 Å². The first kappa shape index (κ1) is 28.8. The van der Waals surface area contributed by atoms with E-state index in [2.05, 4.69) is 102 Å². The van der Waals surface area contributed by atoms with E-state index < -0.39 is 0 Å². The minimum atomic E-state index is -0.379. The number of aliphatic imine (C=N–C) groups is 2. The number of pyridine rings is 1. The van der Waals surface area contributed by atoms with E-state index in [1.165, 1.54) is 5.39 Å². The van der Waals surface area contributed by atoms with Crippen LogP contribution in [0.1, 0.15) is 22.9 Å². The van der Waals surface area contributed by atoms with Crippen molar-refractivity contribution in [2.75, 3.05) is 0 Å². The van der Waals surface area contributed by atoms with E-state index in [-0.39, 0.29) is 6.17 Å². The maximum atomic E-state index is 6.29. The molecule has 0 amide bonds. The van der Waals surface area contributed by atoms with E-state index in [9.17, 15) is 0 Å². The zero-order valence-corrected chi connectivity index (χ0v) is 27.7. The predicted molar refractivity (Wildman–Crippen MR) is 211 cm³/mol. The molecule has 1 N–H and O–H groups in total. The largest absolute Gasteiger partial charge is 0.456 e. The molecule has 11 rings (SSSR count). The highest BCUT2D eigenvalue weighted by Gasteiger charge is 2.25. The first-order chi connectivity index (χ1) is 25.8. The third-order valence-corrected chi connectivity index (χ3v) is 10.2. The molecule has 0 aliphatic carbocycles. The standard InChI is InChI=1S/C46H28N4O2/c1-2-11-28-26-29(24-23-27(28)10-1)44-48-45(50-46(49-44)36-18-8-20-38-41(36)35-12-3-4-19-37(35)51-38)34-17-6-13-30-31(14-5-15-32(30)34)33-16-7-21-39-42(33)43-40(52-39)22-9-25-47-43/h1-26,44H,(H,48,49,50). The monoisotopic (exact) mass is 668 g/mol. The number of aromatic nitrogens is 1. The van der Waals surface area contributed by atoms with Crippen LogP contribution in [-0.4, -0.2) is 16.7 Å². The van der Waals surface area contributed by atoms with Crippen LogP contribution in [0, 0.1) is 0 Å². The summed E-state index contributed by atoms with van der Waals surface area (Å²) in [4.78, 5) is 15.3. The van der Waals surface area contributed by atoms with Crippen molar-refractivity contribution in [3.63, 3.8) is 0 Å². The van der Waals surface area contributed by atoms with Gasteiger partial charge in [-0.1, -0.05) is 115 Å². The second kappa shape index (κ2) is 11.2. The lowest BCUT2D eigenvalue weighted by Crippen LogP contribution is -2.33. The maximum Gasteiger partial charge on any atom is 0.160 e. The lowest BCUT2D eigenvalue weighted by Gasteiger charge is -2.25. The average molecular weight is 669 g/mol. The molecule has 1 atom stereocenters. The Hall–Kier alpha value is -7.05. The summed E-state index contributed by atoms with van der Waals surface area (Å²) >= 11 is 0. The van der Waals surface area contributed by atoms with Crippen LogP contribution in [0.25, 0.3) is 76.7 Å². The Kier molecular flexibility index (Phi) is 6.21. The molecule has 1 aliphatic rings. The second-order valence-corrected chi connectivity index (χ2v) is 13.2. The molecule has 0 saturated carbocycles. The SMILES string of the molecule is c1ccc2cc(C3N=C(c4cccc5oc6ccccc6c45)N=C(c4cccc5c(-c6cccc7oc8cccnc8c67)cccc45)N3)ccc2c1. The predicted octanol–water partition coefficient (Wildman–Crippen LogP) is 11.3. The molecule has 1 aliphatic heterocycles. The molecule has 7 aromatic carbocycles. The minimum absolute atomic E-state index is 0.379. The summed E-state index contributed by atoms with van der Waals surface area (Å²) in [5, 5.41) is 11.3. The van der Waals surface area contributed by atoms with Crippen molar-refractivity contribution >= 4 is 77.2 Å². The molecule has 0 radical (unpaired) electrons. The number of para-hydroxylation sites is 1. The van der Waals surface area contributed by atoms with Crippen molar-refractivity contribution in [1.82, 2.24) is 10.3 Å². The third-order valence-electron chi connectivity index (χ3n) is 10.2. The van der Waals surface area contributed by atoms with E-state index in [0.717, 1.165) is 93.8 Å². The molecule has 0 saturated heterocycles. The highest BCUT2D eigenvalue weighted by molar-refractivity contribution is 6.24. The molecule has 0 spiro atoms. The van der Waals surface area contributed by atoms with Crippen LogP contribution in [0.4, 0.5) is 0 Å². The summed E-state index contributed by atoms with van der Waals surface area (Å²) in [5.74, 6) is 1.40. The van der Waals surface area contributed by atoms with Crippen LogP contribution in [0.3, 0.4) is 0 Å². The summed E-state index contributed by atoms with van der Waals surface area (Å²) < 4.78 is 12.5. The molecule has 0 fully saturated rings. The summed E-state index contributed by atoms with van der Waals surface area (Å²) in [5.41, 5.74) is 9.26. The van der Waals surface area contributed by atoms with E-state index >= 15 is 0 Å². The Morgan fingerprint density at radius 2 is 1.13 bits per heavy atom. The van der Waals surface area contributed by atoms with Gasteiger partial charge >= 0.3 is 0 Å². The summed E-state index contributed by atoms with van der Waals surface area (Å²) in [6.45, 7) is 0. The number of amidine groups is 2. The topological polar surface area (TPSA) is 75.9 Å². The number of furan rings is 2. The number of hydrogen-bond acceptors (Lipinski definition) is 6. The number of nitrogens with zero attached hydrogens (tertiary/aromatic N) is 3. The molecular formula is C46H28N4O2. The van der Waals surface area contributed by atoms with Gasteiger partial charge in [0.2, 0.25) is 0 Å². The van der Waals surface area contributed by atoms with Crippen LogP contribution in [0.15, 0.2) is 177 Å². The quantitative estimate of drug-likeness (QED) is 0.202. The number of rotatable bonds is 4. The van der Waals surface area contributed by atoms with Gasteiger partial charge in [-0.15, -0.1) is 0 Å². The zero-order chi connectivity index (χ0) is 34.2. The Morgan fingerprint density at radius 1 is 0.481 bits per heavy atom. The molecule has 52 heavy (non-hydrogen) atoms. The van der Waals surface area contributed by atoms with Gasteiger partial charge in [-0.2, -0.15) is 0 Å². The van der Waals surface area contributed by atoms with Crippen molar-refractivity contribution in [2.45, 2.75) is 6.17 Å². The van der Waals surface area contributed by atoms with Crippen molar-refractivity contribution in [3.05, 3.63) is 175 Å². The number of hydrogen-bond donors (Lipinski definition) is 1. The Bertz CT molecular complexity index is 3130. The van der Waals surface area contributed by atoms with Gasteiger partial charge in [-0.05, 0) is 74.6 Å². The van der Waals surface area contributed by atoms with Crippen molar-refractivity contribution in [3.8, 4) is 11.1 Å². The first-order valence-corrected chi connectivity index (χ1v) is 17.4. The van der Waals surface area contributed by atoms with Gasteiger partial charge in [0.25, 0.3) is 0 Å². The van der Waals surface area contributed by atoms with Crippen LogP contribution < -0.4 is 5.32 Å². The van der Waals surface area contributed by atoms with Crippen LogP contribution >= 0.6 is 0 Å². The summed E-state index contributed by atoms with van der Waals surface area (Å²) in [6.07, 6.45) is 1.44.